The number of nitriles is 1. The van der Waals surface area contributed by atoms with Gasteiger partial charge in [-0.3, -0.25) is 14.3 Å². The highest BCUT2D eigenvalue weighted by molar-refractivity contribution is 6.30. The van der Waals surface area contributed by atoms with Gasteiger partial charge in [0.25, 0.3) is 0 Å². The molecule has 1 aromatic carbocycles. The van der Waals surface area contributed by atoms with Gasteiger partial charge in [0.2, 0.25) is 11.9 Å². The van der Waals surface area contributed by atoms with Crippen LogP contribution in [0.25, 0.3) is 5.69 Å². The first-order chi connectivity index (χ1) is 16.1. The van der Waals surface area contributed by atoms with Crippen molar-refractivity contribution < 1.29 is 18.0 Å². The molecular weight excluding hydrogens is 471 g/mol. The van der Waals surface area contributed by atoms with Gasteiger partial charge >= 0.3 is 6.18 Å². The number of likely N-dealkylation sites (tertiary alicyclic amines) is 1. The number of carbonyl (C=O) groups is 1. The topological polar surface area (TPSA) is 81.3 Å². The molecule has 3 fully saturated rings. The Morgan fingerprint density at radius 3 is 2.53 bits per heavy atom. The first kappa shape index (κ1) is 21.7. The van der Waals surface area contributed by atoms with Gasteiger partial charge in [0.05, 0.1) is 24.8 Å². The summed E-state index contributed by atoms with van der Waals surface area (Å²) in [4.78, 5) is 17.7. The molecule has 1 saturated carbocycles. The van der Waals surface area contributed by atoms with Crippen LogP contribution >= 0.6 is 11.6 Å². The van der Waals surface area contributed by atoms with Crippen molar-refractivity contribution in [1.82, 2.24) is 24.6 Å². The highest BCUT2D eigenvalue weighted by atomic mass is 35.5. The lowest BCUT2D eigenvalue weighted by Crippen LogP contribution is -2.74. The van der Waals surface area contributed by atoms with Crippen molar-refractivity contribution in [3.8, 4) is 11.8 Å². The molecule has 4 aliphatic rings. The fourth-order valence-corrected chi connectivity index (χ4v) is 5.63. The van der Waals surface area contributed by atoms with Crippen LogP contribution in [0.4, 0.5) is 19.1 Å². The minimum atomic E-state index is -4.33. The van der Waals surface area contributed by atoms with Crippen molar-refractivity contribution >= 4 is 23.5 Å². The number of carbonyl (C=O) groups excluding carboxylic acids is 1. The molecule has 0 atom stereocenters. The van der Waals surface area contributed by atoms with Gasteiger partial charge in [-0.05, 0) is 36.6 Å². The van der Waals surface area contributed by atoms with E-state index in [0.717, 1.165) is 5.69 Å². The van der Waals surface area contributed by atoms with Crippen molar-refractivity contribution in [1.29, 1.82) is 5.26 Å². The molecule has 1 spiro atoms. The third-order valence-electron chi connectivity index (χ3n) is 7.21. The quantitative estimate of drug-likeness (QED) is 0.657. The average molecular weight is 492 g/mol. The lowest BCUT2D eigenvalue weighted by atomic mass is 9.72. The Hall–Kier alpha value is -2.84. The first-order valence-corrected chi connectivity index (χ1v) is 11.5. The summed E-state index contributed by atoms with van der Waals surface area (Å²) in [6.45, 7) is 1.61. The summed E-state index contributed by atoms with van der Waals surface area (Å²) in [5.74, 6) is 0.959. The average Bonchev–Trinajstić information content (AvgIpc) is 3.43. The summed E-state index contributed by atoms with van der Waals surface area (Å²) in [6.07, 6.45) is -3.06. The molecule has 1 aromatic heterocycles. The SMILES string of the molecule is N#CC1(C(=O)N2CC3(C2)CN(c2nnc4n2-c2ccc(Cl)cc2CN(CC(F)(F)F)C4)C3)CC1. The van der Waals surface area contributed by atoms with E-state index in [0.29, 0.717) is 61.4 Å². The van der Waals surface area contributed by atoms with E-state index in [9.17, 15) is 23.2 Å². The highest BCUT2D eigenvalue weighted by Gasteiger charge is 2.60. The zero-order valence-electron chi connectivity index (χ0n) is 18.1. The van der Waals surface area contributed by atoms with Crippen molar-refractivity contribution in [3.63, 3.8) is 0 Å². The number of nitrogens with zero attached hydrogens (tertiary/aromatic N) is 7. The van der Waals surface area contributed by atoms with Gasteiger partial charge in [-0.25, -0.2) is 0 Å². The molecule has 1 amide bonds. The predicted octanol–water partition coefficient (Wildman–Crippen LogP) is 2.75. The minimum Gasteiger partial charge on any atom is -0.340 e. The Morgan fingerprint density at radius 2 is 1.88 bits per heavy atom. The maximum Gasteiger partial charge on any atom is 0.401 e. The van der Waals surface area contributed by atoms with Crippen LogP contribution in [0.15, 0.2) is 18.2 Å². The number of hydrogen-bond acceptors (Lipinski definition) is 6. The first-order valence-electron chi connectivity index (χ1n) is 11.1. The van der Waals surface area contributed by atoms with E-state index in [-0.39, 0.29) is 24.4 Å². The molecule has 12 heteroatoms. The molecule has 2 aromatic rings. The molecule has 8 nitrogen and oxygen atoms in total. The highest BCUT2D eigenvalue weighted by Crippen LogP contribution is 2.50. The molecule has 0 unspecified atom stereocenters. The molecule has 3 aliphatic heterocycles. The van der Waals surface area contributed by atoms with Crippen LogP contribution in [-0.2, 0) is 17.9 Å². The number of fused-ring (bicyclic) bond motifs is 3. The molecule has 0 radical (unpaired) electrons. The number of alkyl halides is 3. The Bertz CT molecular complexity index is 1220. The second kappa shape index (κ2) is 7.09. The Balaban J connectivity index is 1.23. The summed E-state index contributed by atoms with van der Waals surface area (Å²) >= 11 is 6.16. The zero-order chi connectivity index (χ0) is 23.9. The van der Waals surface area contributed by atoms with Crippen molar-refractivity contribution in [2.24, 2.45) is 10.8 Å². The number of benzene rings is 1. The smallest absolute Gasteiger partial charge is 0.340 e. The largest absolute Gasteiger partial charge is 0.401 e. The lowest BCUT2D eigenvalue weighted by Gasteiger charge is -2.60. The summed E-state index contributed by atoms with van der Waals surface area (Å²) in [7, 11) is 0. The van der Waals surface area contributed by atoms with Crippen molar-refractivity contribution in [2.75, 3.05) is 37.6 Å². The molecule has 1 aliphatic carbocycles. The van der Waals surface area contributed by atoms with Crippen LogP contribution in [0, 0.1) is 22.2 Å². The second-order valence-electron chi connectivity index (χ2n) is 10.00. The Morgan fingerprint density at radius 1 is 1.15 bits per heavy atom. The Labute approximate surface area is 198 Å². The maximum atomic E-state index is 13.2. The standard InChI is InChI=1S/C22H21ClF3N7O/c23-15-1-2-16-14(5-15)6-30(13-22(24,25)26)7-17-28-29-19(33(16)17)32-11-20(12-32)9-31(10-20)18(34)21(8-27)3-4-21/h1-2,5H,3-4,6-7,9-13H2. The summed E-state index contributed by atoms with van der Waals surface area (Å²) in [5, 5.41) is 18.3. The fourth-order valence-electron chi connectivity index (χ4n) is 5.44. The van der Waals surface area contributed by atoms with Crippen LogP contribution in [0.5, 0.6) is 0 Å². The van der Waals surface area contributed by atoms with Gasteiger partial charge in [-0.2, -0.15) is 18.4 Å². The predicted molar refractivity (Wildman–Crippen MR) is 115 cm³/mol. The fraction of sp³-hybridized carbons (Fsp3) is 0.545. The number of halogens is 4. The van der Waals surface area contributed by atoms with Gasteiger partial charge in [-0.15, -0.1) is 10.2 Å². The van der Waals surface area contributed by atoms with E-state index in [4.69, 9.17) is 11.6 Å². The summed E-state index contributed by atoms with van der Waals surface area (Å²) in [5.41, 5.74) is 0.560. The van der Waals surface area contributed by atoms with E-state index < -0.39 is 18.1 Å². The number of rotatable bonds is 3. The van der Waals surface area contributed by atoms with E-state index in [1.54, 1.807) is 23.1 Å². The summed E-state index contributed by atoms with van der Waals surface area (Å²) < 4.78 is 41.3. The molecule has 178 valence electrons. The van der Waals surface area contributed by atoms with E-state index in [1.165, 1.54) is 4.90 Å². The molecule has 6 rings (SSSR count). The second-order valence-corrected chi connectivity index (χ2v) is 10.4. The van der Waals surface area contributed by atoms with E-state index >= 15 is 0 Å². The van der Waals surface area contributed by atoms with Gasteiger partial charge in [0.15, 0.2) is 5.82 Å². The lowest BCUT2D eigenvalue weighted by molar-refractivity contribution is -0.149. The molecule has 4 heterocycles. The van der Waals surface area contributed by atoms with Crippen LogP contribution in [0.2, 0.25) is 5.02 Å². The maximum absolute atomic E-state index is 13.2. The van der Waals surface area contributed by atoms with E-state index in [1.807, 2.05) is 9.47 Å². The van der Waals surface area contributed by atoms with Crippen LogP contribution < -0.4 is 4.90 Å². The third kappa shape index (κ3) is 3.43. The normalized spacial score (nSPS) is 22.2. The van der Waals surface area contributed by atoms with Crippen molar-refractivity contribution in [2.45, 2.75) is 32.1 Å². The molecule has 0 bridgehead atoms. The van der Waals surface area contributed by atoms with Gasteiger partial charge < -0.3 is 9.80 Å². The number of amides is 1. The van der Waals surface area contributed by atoms with Crippen molar-refractivity contribution in [3.05, 3.63) is 34.6 Å². The summed E-state index contributed by atoms with van der Waals surface area (Å²) in [6, 6.07) is 7.35. The van der Waals surface area contributed by atoms with E-state index in [2.05, 4.69) is 16.3 Å². The minimum absolute atomic E-state index is 0.0102. The van der Waals surface area contributed by atoms with Crippen LogP contribution in [0.1, 0.15) is 24.2 Å². The number of hydrogen-bond donors (Lipinski definition) is 0. The molecule has 34 heavy (non-hydrogen) atoms. The zero-order valence-corrected chi connectivity index (χ0v) is 18.9. The monoisotopic (exact) mass is 491 g/mol. The molecule has 2 saturated heterocycles. The van der Waals surface area contributed by atoms with Gasteiger partial charge in [0, 0.05) is 43.2 Å². The number of aromatic nitrogens is 3. The third-order valence-corrected chi connectivity index (χ3v) is 7.44. The molecule has 0 N–H and O–H groups in total. The van der Waals surface area contributed by atoms with Crippen LogP contribution in [-0.4, -0.2) is 69.4 Å². The van der Waals surface area contributed by atoms with Crippen LogP contribution in [0.3, 0.4) is 0 Å². The van der Waals surface area contributed by atoms with Gasteiger partial charge in [0.1, 0.15) is 5.41 Å². The molecular formula is C22H21ClF3N7O. The number of anilines is 1. The van der Waals surface area contributed by atoms with Gasteiger partial charge in [-0.1, -0.05) is 11.6 Å². The Kier molecular flexibility index (Phi) is 4.52.